The van der Waals surface area contributed by atoms with Crippen molar-refractivity contribution < 1.29 is 17.9 Å². The van der Waals surface area contributed by atoms with E-state index in [0.717, 1.165) is 32.4 Å². The topological polar surface area (TPSA) is 87.7 Å². The summed E-state index contributed by atoms with van der Waals surface area (Å²) in [6.07, 6.45) is 2.45. The summed E-state index contributed by atoms with van der Waals surface area (Å²) in [7, 11) is -1.97. The summed E-state index contributed by atoms with van der Waals surface area (Å²) in [5, 5.41) is 3.21. The first-order valence-electron chi connectivity index (χ1n) is 9.11. The fourth-order valence-corrected chi connectivity index (χ4v) is 4.95. The third-order valence-electron chi connectivity index (χ3n) is 5.03. The highest BCUT2D eigenvalue weighted by molar-refractivity contribution is 7.89. The summed E-state index contributed by atoms with van der Waals surface area (Å²) >= 11 is 0. The van der Waals surface area contributed by atoms with Crippen molar-refractivity contribution in [1.29, 1.82) is 0 Å². The van der Waals surface area contributed by atoms with Crippen LogP contribution in [-0.2, 0) is 14.8 Å². The molecular weight excluding hydrogens is 354 g/mol. The summed E-state index contributed by atoms with van der Waals surface area (Å²) in [6, 6.07) is 6.27. The van der Waals surface area contributed by atoms with E-state index in [9.17, 15) is 13.2 Å². The smallest absolute Gasteiger partial charge is 0.253 e. The van der Waals surface area contributed by atoms with E-state index in [1.165, 1.54) is 12.1 Å². The molecule has 1 atom stereocenters. The monoisotopic (exact) mass is 381 g/mol. The second-order valence-corrected chi connectivity index (χ2v) is 8.75. The number of ether oxygens (including phenoxy) is 1. The molecule has 7 nitrogen and oxygen atoms in total. The van der Waals surface area contributed by atoms with Crippen LogP contribution >= 0.6 is 0 Å². The second-order valence-electron chi connectivity index (χ2n) is 7.03. The number of methoxy groups -OCH3 is 1. The molecule has 1 aromatic carbocycles. The highest BCUT2D eigenvalue weighted by atomic mass is 32.2. The number of piperidine rings is 1. The Hall–Kier alpha value is -1.48. The molecule has 0 saturated carbocycles. The minimum atomic E-state index is -3.63. The molecule has 1 amide bonds. The number of nitrogens with one attached hydrogen (secondary N) is 2. The number of sulfonamides is 1. The van der Waals surface area contributed by atoms with E-state index >= 15 is 0 Å². The van der Waals surface area contributed by atoms with Crippen molar-refractivity contribution in [3.05, 3.63) is 29.8 Å². The Morgan fingerprint density at radius 1 is 1.31 bits per heavy atom. The molecule has 0 spiro atoms. The highest BCUT2D eigenvalue weighted by Crippen LogP contribution is 2.21. The Bertz CT molecular complexity index is 732. The van der Waals surface area contributed by atoms with Crippen molar-refractivity contribution in [1.82, 2.24) is 14.9 Å². The molecule has 2 aliphatic heterocycles. The maximum Gasteiger partial charge on any atom is 0.253 e. The van der Waals surface area contributed by atoms with Crippen LogP contribution in [0.25, 0.3) is 0 Å². The van der Waals surface area contributed by atoms with Crippen molar-refractivity contribution in [2.45, 2.75) is 30.2 Å². The van der Waals surface area contributed by atoms with Gasteiger partial charge in [0.25, 0.3) is 5.91 Å². The van der Waals surface area contributed by atoms with Crippen LogP contribution in [0.5, 0.6) is 0 Å². The minimum absolute atomic E-state index is 0.0611. The zero-order valence-electron chi connectivity index (χ0n) is 15.1. The second kappa shape index (κ2) is 8.47. The van der Waals surface area contributed by atoms with E-state index in [0.29, 0.717) is 31.2 Å². The van der Waals surface area contributed by atoms with Crippen LogP contribution < -0.4 is 10.0 Å². The number of hydrogen-bond donors (Lipinski definition) is 2. The molecule has 2 saturated heterocycles. The van der Waals surface area contributed by atoms with Crippen molar-refractivity contribution in [3.8, 4) is 0 Å². The van der Waals surface area contributed by atoms with Gasteiger partial charge in [-0.15, -0.1) is 0 Å². The maximum absolute atomic E-state index is 12.7. The number of rotatable bonds is 6. The Balaban J connectivity index is 1.70. The average Bonchev–Trinajstić information content (AvgIpc) is 3.11. The van der Waals surface area contributed by atoms with Crippen LogP contribution in [0, 0.1) is 5.92 Å². The summed E-state index contributed by atoms with van der Waals surface area (Å²) in [5.74, 6) is 0.222. The van der Waals surface area contributed by atoms with Crippen molar-refractivity contribution in [2.75, 3.05) is 39.9 Å². The summed E-state index contributed by atoms with van der Waals surface area (Å²) in [4.78, 5) is 14.6. The lowest BCUT2D eigenvalue weighted by Crippen LogP contribution is -2.42. The molecule has 1 aromatic rings. The molecule has 3 rings (SSSR count). The average molecular weight is 381 g/mol. The Morgan fingerprint density at radius 2 is 2.08 bits per heavy atom. The predicted molar refractivity (Wildman–Crippen MR) is 98.5 cm³/mol. The first-order valence-corrected chi connectivity index (χ1v) is 10.6. The largest absolute Gasteiger partial charge is 0.384 e. The number of hydrogen-bond acceptors (Lipinski definition) is 5. The molecule has 0 aliphatic carbocycles. The summed E-state index contributed by atoms with van der Waals surface area (Å²) in [5.41, 5.74) is 0.413. The van der Waals surface area contributed by atoms with Crippen molar-refractivity contribution >= 4 is 15.9 Å². The molecule has 2 N–H and O–H groups in total. The van der Waals surface area contributed by atoms with Gasteiger partial charge in [0.2, 0.25) is 10.0 Å². The maximum atomic E-state index is 12.7. The number of likely N-dealkylation sites (tertiary alicyclic amines) is 1. The van der Waals surface area contributed by atoms with Crippen LogP contribution in [0.1, 0.15) is 29.6 Å². The van der Waals surface area contributed by atoms with Gasteiger partial charge in [-0.3, -0.25) is 4.79 Å². The molecule has 2 aliphatic rings. The Kier molecular flexibility index (Phi) is 6.29. The highest BCUT2D eigenvalue weighted by Gasteiger charge is 2.28. The van der Waals surface area contributed by atoms with Gasteiger partial charge in [-0.25, -0.2) is 13.1 Å². The van der Waals surface area contributed by atoms with Gasteiger partial charge in [-0.05, 0) is 50.6 Å². The number of carbonyl (C=O) groups is 1. The number of carbonyl (C=O) groups excluding carboxylic acids is 1. The first kappa shape index (κ1) is 19.3. The third-order valence-corrected chi connectivity index (χ3v) is 6.55. The fraction of sp³-hybridized carbons (Fsp3) is 0.611. The molecule has 8 heteroatoms. The molecule has 0 bridgehead atoms. The Morgan fingerprint density at radius 3 is 2.81 bits per heavy atom. The van der Waals surface area contributed by atoms with E-state index in [4.69, 9.17) is 4.74 Å². The van der Waals surface area contributed by atoms with Crippen LogP contribution in [0.4, 0.5) is 0 Å². The lowest BCUT2D eigenvalue weighted by atomic mass is 10.1. The van der Waals surface area contributed by atoms with E-state index in [2.05, 4.69) is 10.0 Å². The zero-order valence-corrected chi connectivity index (χ0v) is 15.9. The van der Waals surface area contributed by atoms with E-state index < -0.39 is 10.0 Å². The Labute approximate surface area is 155 Å². The van der Waals surface area contributed by atoms with E-state index in [-0.39, 0.29) is 16.8 Å². The standard InChI is InChI=1S/C18H27N3O4S/c1-25-13-14-7-10-21(12-14)18(22)15-3-2-4-17(11-15)26(23,24)20-16-5-8-19-9-6-16/h2-4,11,14,16,19-20H,5-10,12-13H2,1H3/t14-/m1/s1. The van der Waals surface area contributed by atoms with Gasteiger partial charge in [-0.1, -0.05) is 6.07 Å². The van der Waals surface area contributed by atoms with Gasteiger partial charge in [0, 0.05) is 37.7 Å². The van der Waals surface area contributed by atoms with Crippen molar-refractivity contribution in [3.63, 3.8) is 0 Å². The summed E-state index contributed by atoms with van der Waals surface area (Å²) in [6.45, 7) is 3.58. The van der Waals surface area contributed by atoms with Gasteiger partial charge >= 0.3 is 0 Å². The minimum Gasteiger partial charge on any atom is -0.384 e. The third kappa shape index (κ3) is 4.62. The predicted octanol–water partition coefficient (Wildman–Crippen LogP) is 0.825. The van der Waals surface area contributed by atoms with Crippen LogP contribution in [0.15, 0.2) is 29.2 Å². The summed E-state index contributed by atoms with van der Waals surface area (Å²) < 4.78 is 33.2. The SMILES string of the molecule is COC[C@@H]1CCN(C(=O)c2cccc(S(=O)(=O)NC3CCNCC3)c2)C1. The molecule has 0 aromatic heterocycles. The molecule has 144 valence electrons. The van der Waals surface area contributed by atoms with Gasteiger partial charge in [0.05, 0.1) is 11.5 Å². The number of nitrogens with zero attached hydrogens (tertiary/aromatic N) is 1. The zero-order chi connectivity index (χ0) is 18.6. The number of benzene rings is 1. The lowest BCUT2D eigenvalue weighted by molar-refractivity contribution is 0.0775. The lowest BCUT2D eigenvalue weighted by Gasteiger charge is -2.23. The quantitative estimate of drug-likeness (QED) is 0.762. The molecule has 2 heterocycles. The molecular formula is C18H27N3O4S. The molecule has 0 radical (unpaired) electrons. The fourth-order valence-electron chi connectivity index (χ4n) is 3.59. The first-order chi connectivity index (χ1) is 12.5. The van der Waals surface area contributed by atoms with Gasteiger partial charge in [0.1, 0.15) is 0 Å². The normalized spacial score (nSPS) is 21.9. The molecule has 2 fully saturated rings. The molecule has 26 heavy (non-hydrogen) atoms. The van der Waals surface area contributed by atoms with E-state index in [1.54, 1.807) is 24.1 Å². The van der Waals surface area contributed by atoms with Crippen LogP contribution in [-0.4, -0.2) is 65.2 Å². The van der Waals surface area contributed by atoms with Gasteiger partial charge in [-0.2, -0.15) is 0 Å². The molecule has 0 unspecified atom stereocenters. The van der Waals surface area contributed by atoms with Crippen molar-refractivity contribution in [2.24, 2.45) is 5.92 Å². The van der Waals surface area contributed by atoms with Crippen LogP contribution in [0.3, 0.4) is 0 Å². The number of amides is 1. The van der Waals surface area contributed by atoms with E-state index in [1.807, 2.05) is 0 Å². The van der Waals surface area contributed by atoms with Crippen LogP contribution in [0.2, 0.25) is 0 Å². The van der Waals surface area contributed by atoms with Gasteiger partial charge in [0.15, 0.2) is 0 Å². The van der Waals surface area contributed by atoms with Gasteiger partial charge < -0.3 is 15.0 Å².